The number of methoxy groups -OCH3 is 1. The fraction of sp³-hybridized carbons (Fsp3) is 0.500. The fourth-order valence-electron chi connectivity index (χ4n) is 2.45. The zero-order valence-corrected chi connectivity index (χ0v) is 15.5. The molecule has 25 heavy (non-hydrogen) atoms. The number of hydrogen-bond donors (Lipinski definition) is 1. The van der Waals surface area contributed by atoms with Gasteiger partial charge in [0, 0.05) is 18.7 Å². The SMILES string of the molecule is CCN(CC)C(=O)CNC(=O)c1cc(C)c(OCC(=O)OC)c(C)c1. The minimum Gasteiger partial charge on any atom is -0.481 e. The Balaban J connectivity index is 2.77. The highest BCUT2D eigenvalue weighted by atomic mass is 16.6. The lowest BCUT2D eigenvalue weighted by Gasteiger charge is -2.19. The molecule has 0 saturated heterocycles. The van der Waals surface area contributed by atoms with Crippen LogP contribution in [0.15, 0.2) is 12.1 Å². The van der Waals surface area contributed by atoms with Crippen LogP contribution >= 0.6 is 0 Å². The van der Waals surface area contributed by atoms with Gasteiger partial charge in [-0.05, 0) is 51.0 Å². The van der Waals surface area contributed by atoms with E-state index in [1.54, 1.807) is 30.9 Å². The van der Waals surface area contributed by atoms with Crippen LogP contribution in [-0.4, -0.2) is 56.0 Å². The summed E-state index contributed by atoms with van der Waals surface area (Å²) in [7, 11) is 1.29. The van der Waals surface area contributed by atoms with Crippen molar-refractivity contribution in [3.05, 3.63) is 28.8 Å². The van der Waals surface area contributed by atoms with Crippen molar-refractivity contribution in [2.75, 3.05) is 33.4 Å². The number of likely N-dealkylation sites (N-methyl/N-ethyl adjacent to an activating group) is 1. The number of rotatable bonds is 8. The van der Waals surface area contributed by atoms with Crippen LogP contribution in [0.4, 0.5) is 0 Å². The van der Waals surface area contributed by atoms with E-state index in [2.05, 4.69) is 10.1 Å². The molecule has 1 rings (SSSR count). The molecule has 2 amide bonds. The standard InChI is InChI=1S/C18H26N2O5/c1-6-20(7-2)15(21)10-19-18(23)14-8-12(3)17(13(4)9-14)25-11-16(22)24-5/h8-9H,6-7,10-11H2,1-5H3,(H,19,23). The number of amides is 2. The Morgan fingerprint density at radius 1 is 1.08 bits per heavy atom. The molecular weight excluding hydrogens is 324 g/mol. The van der Waals surface area contributed by atoms with Gasteiger partial charge < -0.3 is 19.7 Å². The summed E-state index contributed by atoms with van der Waals surface area (Å²) in [5.41, 5.74) is 1.89. The first-order valence-corrected chi connectivity index (χ1v) is 8.20. The molecule has 1 aromatic rings. The molecule has 138 valence electrons. The summed E-state index contributed by atoms with van der Waals surface area (Å²) < 4.78 is 9.99. The topological polar surface area (TPSA) is 84.9 Å². The molecule has 7 heteroatoms. The second kappa shape index (κ2) is 9.66. The van der Waals surface area contributed by atoms with Crippen molar-refractivity contribution in [3.63, 3.8) is 0 Å². The van der Waals surface area contributed by atoms with Gasteiger partial charge in [-0.15, -0.1) is 0 Å². The van der Waals surface area contributed by atoms with E-state index >= 15 is 0 Å². The number of carbonyl (C=O) groups excluding carboxylic acids is 3. The van der Waals surface area contributed by atoms with Crippen molar-refractivity contribution in [2.45, 2.75) is 27.7 Å². The van der Waals surface area contributed by atoms with Crippen LogP contribution in [0.1, 0.15) is 35.3 Å². The monoisotopic (exact) mass is 350 g/mol. The molecule has 0 atom stereocenters. The van der Waals surface area contributed by atoms with Crippen molar-refractivity contribution >= 4 is 17.8 Å². The summed E-state index contributed by atoms with van der Waals surface area (Å²) in [6, 6.07) is 3.33. The average molecular weight is 350 g/mol. The van der Waals surface area contributed by atoms with E-state index in [0.29, 0.717) is 24.4 Å². The second-order valence-electron chi connectivity index (χ2n) is 5.55. The smallest absolute Gasteiger partial charge is 0.343 e. The van der Waals surface area contributed by atoms with Crippen LogP contribution in [0, 0.1) is 13.8 Å². The van der Waals surface area contributed by atoms with Gasteiger partial charge in [-0.25, -0.2) is 4.79 Å². The maximum Gasteiger partial charge on any atom is 0.343 e. The van der Waals surface area contributed by atoms with Gasteiger partial charge in [-0.1, -0.05) is 0 Å². The minimum absolute atomic E-state index is 0.0425. The molecule has 0 heterocycles. The van der Waals surface area contributed by atoms with E-state index < -0.39 is 5.97 Å². The molecule has 0 aliphatic heterocycles. The molecular formula is C18H26N2O5. The van der Waals surface area contributed by atoms with E-state index in [0.717, 1.165) is 11.1 Å². The summed E-state index contributed by atoms with van der Waals surface area (Å²) in [5.74, 6) is -0.382. The highest BCUT2D eigenvalue weighted by Gasteiger charge is 2.15. The lowest BCUT2D eigenvalue weighted by molar-refractivity contribution is -0.143. The van der Waals surface area contributed by atoms with Gasteiger partial charge in [0.2, 0.25) is 5.91 Å². The number of esters is 1. The fourth-order valence-corrected chi connectivity index (χ4v) is 2.45. The van der Waals surface area contributed by atoms with Crippen LogP contribution in [0.3, 0.4) is 0 Å². The summed E-state index contributed by atoms with van der Waals surface area (Å²) in [5, 5.41) is 2.64. The molecule has 7 nitrogen and oxygen atoms in total. The summed E-state index contributed by atoms with van der Waals surface area (Å²) in [6.45, 7) is 8.34. The van der Waals surface area contributed by atoms with Gasteiger partial charge in [-0.3, -0.25) is 9.59 Å². The molecule has 0 radical (unpaired) electrons. The molecule has 0 saturated carbocycles. The molecule has 0 fully saturated rings. The summed E-state index contributed by atoms with van der Waals surface area (Å²) in [6.07, 6.45) is 0. The molecule has 0 aliphatic rings. The maximum absolute atomic E-state index is 12.3. The van der Waals surface area contributed by atoms with Crippen molar-refractivity contribution in [2.24, 2.45) is 0 Å². The lowest BCUT2D eigenvalue weighted by atomic mass is 10.1. The Bertz CT molecular complexity index is 615. The Morgan fingerprint density at radius 2 is 1.64 bits per heavy atom. The quantitative estimate of drug-likeness (QED) is 0.718. The van der Waals surface area contributed by atoms with E-state index in [1.165, 1.54) is 7.11 Å². The van der Waals surface area contributed by atoms with Crippen LogP contribution in [-0.2, 0) is 14.3 Å². The Hall–Kier alpha value is -2.57. The molecule has 0 unspecified atom stereocenters. The first-order chi connectivity index (χ1) is 11.8. The maximum atomic E-state index is 12.3. The molecule has 1 aromatic carbocycles. The third-order valence-electron chi connectivity index (χ3n) is 3.80. The van der Waals surface area contributed by atoms with Gasteiger partial charge in [0.25, 0.3) is 5.91 Å². The van der Waals surface area contributed by atoms with E-state index in [1.807, 2.05) is 13.8 Å². The van der Waals surface area contributed by atoms with Crippen LogP contribution in [0.2, 0.25) is 0 Å². The number of hydrogen-bond acceptors (Lipinski definition) is 5. The lowest BCUT2D eigenvalue weighted by Crippen LogP contribution is -2.40. The first-order valence-electron chi connectivity index (χ1n) is 8.20. The largest absolute Gasteiger partial charge is 0.481 e. The Morgan fingerprint density at radius 3 is 2.12 bits per heavy atom. The van der Waals surface area contributed by atoms with Gasteiger partial charge >= 0.3 is 5.97 Å². The molecule has 0 aliphatic carbocycles. The Labute approximate surface area is 148 Å². The van der Waals surface area contributed by atoms with E-state index in [-0.39, 0.29) is 25.0 Å². The number of nitrogens with zero attached hydrogens (tertiary/aromatic N) is 1. The normalized spacial score (nSPS) is 10.1. The minimum atomic E-state index is -0.476. The highest BCUT2D eigenvalue weighted by Crippen LogP contribution is 2.24. The average Bonchev–Trinajstić information content (AvgIpc) is 2.59. The molecule has 1 N–H and O–H groups in total. The third kappa shape index (κ3) is 5.77. The van der Waals surface area contributed by atoms with Crippen molar-refractivity contribution < 1.29 is 23.9 Å². The number of nitrogens with one attached hydrogen (secondary N) is 1. The van der Waals surface area contributed by atoms with E-state index in [9.17, 15) is 14.4 Å². The van der Waals surface area contributed by atoms with Crippen LogP contribution < -0.4 is 10.1 Å². The van der Waals surface area contributed by atoms with Crippen molar-refractivity contribution in [1.29, 1.82) is 0 Å². The number of carbonyl (C=O) groups is 3. The number of aryl methyl sites for hydroxylation is 2. The summed E-state index contributed by atoms with van der Waals surface area (Å²) in [4.78, 5) is 37.1. The van der Waals surface area contributed by atoms with Crippen LogP contribution in [0.25, 0.3) is 0 Å². The van der Waals surface area contributed by atoms with Crippen molar-refractivity contribution in [1.82, 2.24) is 10.2 Å². The number of ether oxygens (including phenoxy) is 2. The van der Waals surface area contributed by atoms with Gasteiger partial charge in [-0.2, -0.15) is 0 Å². The summed E-state index contributed by atoms with van der Waals surface area (Å²) >= 11 is 0. The van der Waals surface area contributed by atoms with Crippen molar-refractivity contribution in [3.8, 4) is 5.75 Å². The van der Waals surface area contributed by atoms with E-state index in [4.69, 9.17) is 4.74 Å². The number of benzene rings is 1. The third-order valence-corrected chi connectivity index (χ3v) is 3.80. The molecule has 0 aromatic heterocycles. The Kier molecular flexibility index (Phi) is 7.91. The van der Waals surface area contributed by atoms with Gasteiger partial charge in [0.15, 0.2) is 6.61 Å². The highest BCUT2D eigenvalue weighted by molar-refractivity contribution is 5.97. The van der Waals surface area contributed by atoms with Gasteiger partial charge in [0.05, 0.1) is 13.7 Å². The predicted octanol–water partition coefficient (Wildman–Crippen LogP) is 1.45. The zero-order chi connectivity index (χ0) is 19.0. The second-order valence-corrected chi connectivity index (χ2v) is 5.55. The first kappa shape index (κ1) is 20.5. The predicted molar refractivity (Wildman–Crippen MR) is 93.7 cm³/mol. The van der Waals surface area contributed by atoms with Gasteiger partial charge in [0.1, 0.15) is 5.75 Å². The molecule has 0 spiro atoms. The molecule has 0 bridgehead atoms. The van der Waals surface area contributed by atoms with Crippen LogP contribution in [0.5, 0.6) is 5.75 Å². The zero-order valence-electron chi connectivity index (χ0n) is 15.5.